The SMILES string of the molecule is O=C(c1ccco1)c1coc2ccc(O)c(CN3CCCCC3)c12. The smallest absolute Gasteiger partial charge is 0.232 e. The number of furan rings is 2. The van der Waals surface area contributed by atoms with Gasteiger partial charge in [0, 0.05) is 17.5 Å². The molecule has 1 saturated heterocycles. The molecule has 0 unspecified atom stereocenters. The number of phenols is 1. The van der Waals surface area contributed by atoms with Crippen LogP contribution in [-0.2, 0) is 6.54 Å². The fraction of sp³-hybridized carbons (Fsp3) is 0.316. The summed E-state index contributed by atoms with van der Waals surface area (Å²) < 4.78 is 10.8. The van der Waals surface area contributed by atoms with Crippen LogP contribution in [0.3, 0.4) is 0 Å². The van der Waals surface area contributed by atoms with Crippen molar-refractivity contribution in [3.8, 4) is 5.75 Å². The number of fused-ring (bicyclic) bond motifs is 1. The summed E-state index contributed by atoms with van der Waals surface area (Å²) in [5.74, 6) is 0.233. The number of nitrogens with zero attached hydrogens (tertiary/aromatic N) is 1. The molecule has 24 heavy (non-hydrogen) atoms. The van der Waals surface area contributed by atoms with Gasteiger partial charge in [0.25, 0.3) is 0 Å². The molecule has 0 atom stereocenters. The summed E-state index contributed by atoms with van der Waals surface area (Å²) in [4.78, 5) is 15.0. The topological polar surface area (TPSA) is 66.8 Å². The number of hydrogen-bond acceptors (Lipinski definition) is 5. The fourth-order valence-corrected chi connectivity index (χ4v) is 3.40. The number of carbonyl (C=O) groups excluding carboxylic acids is 1. The number of hydrogen-bond donors (Lipinski definition) is 1. The van der Waals surface area contributed by atoms with E-state index in [9.17, 15) is 9.90 Å². The molecule has 0 aliphatic carbocycles. The van der Waals surface area contributed by atoms with Crippen molar-refractivity contribution < 1.29 is 18.7 Å². The van der Waals surface area contributed by atoms with Gasteiger partial charge in [-0.25, -0.2) is 0 Å². The van der Waals surface area contributed by atoms with Gasteiger partial charge in [-0.3, -0.25) is 9.69 Å². The normalized spacial score (nSPS) is 15.8. The highest BCUT2D eigenvalue weighted by Gasteiger charge is 2.23. The van der Waals surface area contributed by atoms with Crippen LogP contribution in [0.4, 0.5) is 0 Å². The molecule has 1 fully saturated rings. The van der Waals surface area contributed by atoms with Crippen LogP contribution in [0.2, 0.25) is 0 Å². The van der Waals surface area contributed by atoms with Crippen molar-refractivity contribution in [3.63, 3.8) is 0 Å². The maximum Gasteiger partial charge on any atom is 0.232 e. The third kappa shape index (κ3) is 2.61. The first-order valence-corrected chi connectivity index (χ1v) is 8.26. The van der Waals surface area contributed by atoms with Gasteiger partial charge in [-0.15, -0.1) is 0 Å². The van der Waals surface area contributed by atoms with E-state index in [0.717, 1.165) is 18.7 Å². The van der Waals surface area contributed by atoms with E-state index in [4.69, 9.17) is 8.83 Å². The lowest BCUT2D eigenvalue weighted by molar-refractivity contribution is 0.101. The molecule has 5 nitrogen and oxygen atoms in total. The molecule has 3 aromatic rings. The van der Waals surface area contributed by atoms with Gasteiger partial charge in [0.1, 0.15) is 17.6 Å². The molecular weight excluding hydrogens is 306 g/mol. The van der Waals surface area contributed by atoms with Crippen LogP contribution in [-0.4, -0.2) is 28.9 Å². The Morgan fingerprint density at radius 1 is 1.12 bits per heavy atom. The van der Waals surface area contributed by atoms with Gasteiger partial charge >= 0.3 is 0 Å². The monoisotopic (exact) mass is 325 g/mol. The predicted octanol–water partition coefficient (Wildman–Crippen LogP) is 3.95. The molecule has 5 heteroatoms. The molecule has 3 heterocycles. The molecule has 1 N–H and O–H groups in total. The lowest BCUT2D eigenvalue weighted by Crippen LogP contribution is -2.29. The van der Waals surface area contributed by atoms with Gasteiger partial charge < -0.3 is 13.9 Å². The maximum absolute atomic E-state index is 12.7. The van der Waals surface area contributed by atoms with Crippen molar-refractivity contribution in [2.45, 2.75) is 25.8 Å². The first-order chi connectivity index (χ1) is 11.7. The zero-order valence-electron chi connectivity index (χ0n) is 13.3. The van der Waals surface area contributed by atoms with E-state index >= 15 is 0 Å². The summed E-state index contributed by atoms with van der Waals surface area (Å²) in [6, 6.07) is 6.64. The molecule has 0 radical (unpaired) electrons. The molecule has 1 aliphatic rings. The van der Waals surface area contributed by atoms with Crippen molar-refractivity contribution in [1.29, 1.82) is 0 Å². The minimum absolute atomic E-state index is 0.197. The summed E-state index contributed by atoms with van der Waals surface area (Å²) in [7, 11) is 0. The summed E-state index contributed by atoms with van der Waals surface area (Å²) in [5.41, 5.74) is 1.79. The first-order valence-electron chi connectivity index (χ1n) is 8.26. The number of benzene rings is 1. The zero-order valence-corrected chi connectivity index (χ0v) is 13.3. The van der Waals surface area contributed by atoms with Gasteiger partial charge in [0.2, 0.25) is 5.78 Å². The molecule has 1 aromatic carbocycles. The largest absolute Gasteiger partial charge is 0.508 e. The van der Waals surface area contributed by atoms with Crippen LogP contribution >= 0.6 is 0 Å². The van der Waals surface area contributed by atoms with E-state index in [1.807, 2.05) is 0 Å². The summed E-state index contributed by atoms with van der Waals surface area (Å²) >= 11 is 0. The molecule has 0 saturated carbocycles. The molecular formula is C19H19NO4. The van der Waals surface area contributed by atoms with Crippen molar-refractivity contribution in [2.75, 3.05) is 13.1 Å². The van der Waals surface area contributed by atoms with Gasteiger partial charge in [-0.1, -0.05) is 6.42 Å². The Balaban J connectivity index is 1.78. The second kappa shape index (κ2) is 6.17. The highest BCUT2D eigenvalue weighted by molar-refractivity contribution is 6.15. The van der Waals surface area contributed by atoms with Crippen molar-refractivity contribution >= 4 is 16.8 Å². The molecule has 4 rings (SSSR count). The predicted molar refractivity (Wildman–Crippen MR) is 89.1 cm³/mol. The Morgan fingerprint density at radius 2 is 1.96 bits per heavy atom. The highest BCUT2D eigenvalue weighted by Crippen LogP contribution is 2.34. The summed E-state index contributed by atoms with van der Waals surface area (Å²) in [6.45, 7) is 2.63. The van der Waals surface area contributed by atoms with Crippen molar-refractivity contribution in [1.82, 2.24) is 4.90 Å². The van der Waals surface area contributed by atoms with Crippen molar-refractivity contribution in [3.05, 3.63) is 53.7 Å². The lowest BCUT2D eigenvalue weighted by atomic mass is 10.0. The number of piperidine rings is 1. The second-order valence-corrected chi connectivity index (χ2v) is 6.23. The molecule has 0 amide bonds. The molecule has 1 aliphatic heterocycles. The van der Waals surface area contributed by atoms with Gasteiger partial charge in [-0.05, 0) is 50.2 Å². The zero-order chi connectivity index (χ0) is 16.5. The highest BCUT2D eigenvalue weighted by atomic mass is 16.3. The van der Waals surface area contributed by atoms with E-state index in [1.54, 1.807) is 24.3 Å². The van der Waals surface area contributed by atoms with E-state index in [-0.39, 0.29) is 17.3 Å². The summed E-state index contributed by atoms with van der Waals surface area (Å²) in [5, 5.41) is 11.1. The third-order valence-electron chi connectivity index (χ3n) is 4.64. The van der Waals surface area contributed by atoms with Crippen LogP contribution in [0.1, 0.15) is 40.9 Å². The Kier molecular flexibility index (Phi) is 3.86. The average Bonchev–Trinajstić information content (AvgIpc) is 3.27. The number of likely N-dealkylation sites (tertiary alicyclic amines) is 1. The standard InChI is InChI=1S/C19H19NO4/c21-15-6-7-16-18(13(15)11-20-8-2-1-3-9-20)14(12-24-16)19(22)17-5-4-10-23-17/h4-7,10,12,21H,1-3,8-9,11H2. The van der Waals surface area contributed by atoms with Crippen LogP contribution in [0.15, 0.2) is 45.6 Å². The fourth-order valence-electron chi connectivity index (χ4n) is 3.40. The van der Waals surface area contributed by atoms with Crippen LogP contribution < -0.4 is 0 Å². The molecule has 0 spiro atoms. The number of rotatable bonds is 4. The minimum atomic E-state index is -0.232. The van der Waals surface area contributed by atoms with Gasteiger partial charge in [-0.2, -0.15) is 0 Å². The van der Waals surface area contributed by atoms with E-state index < -0.39 is 0 Å². The van der Waals surface area contributed by atoms with E-state index in [0.29, 0.717) is 23.1 Å². The number of carbonyl (C=O) groups is 1. The van der Waals surface area contributed by atoms with Crippen LogP contribution in [0.5, 0.6) is 5.75 Å². The van der Waals surface area contributed by atoms with Crippen LogP contribution in [0.25, 0.3) is 11.0 Å². The molecule has 124 valence electrons. The van der Waals surface area contributed by atoms with Crippen molar-refractivity contribution in [2.24, 2.45) is 0 Å². The van der Waals surface area contributed by atoms with Crippen LogP contribution in [0, 0.1) is 0 Å². The Labute approximate surface area is 139 Å². The Morgan fingerprint density at radius 3 is 2.71 bits per heavy atom. The first kappa shape index (κ1) is 15.0. The second-order valence-electron chi connectivity index (χ2n) is 6.23. The number of ketones is 1. The average molecular weight is 325 g/mol. The molecule has 2 aromatic heterocycles. The maximum atomic E-state index is 12.7. The number of aromatic hydroxyl groups is 1. The van der Waals surface area contributed by atoms with Gasteiger partial charge in [0.05, 0.1) is 11.8 Å². The van der Waals surface area contributed by atoms with Gasteiger partial charge in [0.15, 0.2) is 5.76 Å². The Bertz CT molecular complexity index is 857. The van der Waals surface area contributed by atoms with E-state index in [1.165, 1.54) is 31.8 Å². The van der Waals surface area contributed by atoms with E-state index in [2.05, 4.69) is 4.90 Å². The third-order valence-corrected chi connectivity index (χ3v) is 4.64. The lowest BCUT2D eigenvalue weighted by Gasteiger charge is -2.27. The Hall–Kier alpha value is -2.53. The quantitative estimate of drug-likeness (QED) is 0.736. The number of phenolic OH excluding ortho intramolecular Hbond substituents is 1. The minimum Gasteiger partial charge on any atom is -0.508 e. The molecule has 0 bridgehead atoms. The summed E-state index contributed by atoms with van der Waals surface area (Å²) in [6.07, 6.45) is 6.51.